The van der Waals surface area contributed by atoms with Crippen molar-refractivity contribution in [1.29, 1.82) is 0 Å². The maximum absolute atomic E-state index is 12.5. The number of aromatic nitrogens is 5. The second-order valence-corrected chi connectivity index (χ2v) is 8.98. The van der Waals surface area contributed by atoms with E-state index in [9.17, 15) is 8.42 Å². The Balaban J connectivity index is 1.30. The van der Waals surface area contributed by atoms with Crippen LogP contribution in [0.1, 0.15) is 17.3 Å². The largest absolute Gasteiger partial charge is 0.449 e. The van der Waals surface area contributed by atoms with Crippen LogP contribution in [0.4, 0.5) is 5.82 Å². The van der Waals surface area contributed by atoms with E-state index >= 15 is 0 Å². The Morgan fingerprint density at radius 1 is 1.00 bits per heavy atom. The van der Waals surface area contributed by atoms with E-state index in [1.807, 2.05) is 19.9 Å². The van der Waals surface area contributed by atoms with Crippen molar-refractivity contribution in [3.05, 3.63) is 66.0 Å². The molecule has 0 unspecified atom stereocenters. The van der Waals surface area contributed by atoms with Gasteiger partial charge in [0.05, 0.1) is 10.6 Å². The number of benzene rings is 1. The highest BCUT2D eigenvalue weighted by molar-refractivity contribution is 7.89. The van der Waals surface area contributed by atoms with Crippen LogP contribution in [-0.2, 0) is 10.0 Å². The normalized spacial score (nSPS) is 11.6. The van der Waals surface area contributed by atoms with Crippen molar-refractivity contribution in [2.24, 2.45) is 0 Å². The van der Waals surface area contributed by atoms with E-state index in [1.165, 1.54) is 18.4 Å². The zero-order valence-electron chi connectivity index (χ0n) is 17.9. The highest BCUT2D eigenvalue weighted by atomic mass is 32.2. The van der Waals surface area contributed by atoms with Crippen LogP contribution in [0.2, 0.25) is 0 Å². The Morgan fingerprint density at radius 2 is 1.78 bits per heavy atom. The summed E-state index contributed by atoms with van der Waals surface area (Å²) in [6, 6.07) is 12.0. The molecule has 0 saturated heterocycles. The van der Waals surface area contributed by atoms with Crippen LogP contribution in [0.3, 0.4) is 0 Å². The highest BCUT2D eigenvalue weighted by Gasteiger charge is 2.14. The molecular weight excluding hydrogens is 430 g/mol. The van der Waals surface area contributed by atoms with Crippen LogP contribution in [0.25, 0.3) is 17.1 Å². The van der Waals surface area contributed by atoms with Crippen LogP contribution < -0.4 is 10.0 Å². The lowest BCUT2D eigenvalue weighted by Crippen LogP contribution is -2.29. The number of nitrogens with one attached hydrogen (secondary N) is 2. The Morgan fingerprint density at radius 3 is 2.38 bits per heavy atom. The molecule has 0 bridgehead atoms. The first-order valence-electron chi connectivity index (χ1n) is 9.95. The minimum Gasteiger partial charge on any atom is -0.449 e. The van der Waals surface area contributed by atoms with Crippen molar-refractivity contribution in [2.45, 2.75) is 25.7 Å². The molecule has 0 aliphatic rings. The molecule has 0 aliphatic heterocycles. The van der Waals surface area contributed by atoms with Gasteiger partial charge in [0.25, 0.3) is 0 Å². The Kier molecular flexibility index (Phi) is 6.01. The van der Waals surface area contributed by atoms with Gasteiger partial charge in [-0.2, -0.15) is 5.10 Å². The van der Waals surface area contributed by atoms with Gasteiger partial charge in [0.2, 0.25) is 10.0 Å². The minimum atomic E-state index is -3.64. The molecule has 0 amide bonds. The van der Waals surface area contributed by atoms with Gasteiger partial charge in [0.15, 0.2) is 11.7 Å². The van der Waals surface area contributed by atoms with E-state index < -0.39 is 10.0 Å². The number of anilines is 1. The van der Waals surface area contributed by atoms with Gasteiger partial charge in [-0.25, -0.2) is 22.8 Å². The van der Waals surface area contributed by atoms with Gasteiger partial charge in [0, 0.05) is 31.3 Å². The SMILES string of the molecule is Cc1cc(C)n(-c2ccc(NCCNS(=O)(=O)c3ccc(-c4coc(C)n4)cc3)nn2)n1. The van der Waals surface area contributed by atoms with Crippen LogP contribution in [0.5, 0.6) is 0 Å². The van der Waals surface area contributed by atoms with Gasteiger partial charge < -0.3 is 9.73 Å². The predicted molar refractivity (Wildman–Crippen MR) is 119 cm³/mol. The van der Waals surface area contributed by atoms with Gasteiger partial charge in [-0.1, -0.05) is 12.1 Å². The van der Waals surface area contributed by atoms with Crippen molar-refractivity contribution in [1.82, 2.24) is 29.7 Å². The summed E-state index contributed by atoms with van der Waals surface area (Å²) >= 11 is 0. The van der Waals surface area contributed by atoms with Crippen LogP contribution in [-0.4, -0.2) is 46.5 Å². The first-order chi connectivity index (χ1) is 15.3. The molecule has 3 aromatic heterocycles. The van der Waals surface area contributed by atoms with Gasteiger partial charge in [0.1, 0.15) is 17.8 Å². The quantitative estimate of drug-likeness (QED) is 0.390. The lowest BCUT2D eigenvalue weighted by atomic mass is 10.2. The molecule has 0 fully saturated rings. The summed E-state index contributed by atoms with van der Waals surface area (Å²) in [5, 5.41) is 15.7. The Hall–Kier alpha value is -3.57. The number of aryl methyl sites for hydroxylation is 3. The molecule has 1 aromatic carbocycles. The molecule has 166 valence electrons. The van der Waals surface area contributed by atoms with E-state index in [0.29, 0.717) is 29.8 Å². The van der Waals surface area contributed by atoms with Gasteiger partial charge in [-0.15, -0.1) is 10.2 Å². The van der Waals surface area contributed by atoms with Crippen molar-refractivity contribution < 1.29 is 12.8 Å². The van der Waals surface area contributed by atoms with Crippen molar-refractivity contribution in [3.63, 3.8) is 0 Å². The monoisotopic (exact) mass is 453 g/mol. The van der Waals surface area contributed by atoms with Crippen LogP contribution >= 0.6 is 0 Å². The first kappa shape index (κ1) is 21.7. The van der Waals surface area contributed by atoms with E-state index in [2.05, 4.69) is 30.3 Å². The molecule has 10 nitrogen and oxygen atoms in total. The number of rotatable bonds is 8. The fraction of sp³-hybridized carbons (Fsp3) is 0.238. The smallest absolute Gasteiger partial charge is 0.240 e. The number of oxazole rings is 1. The van der Waals surface area contributed by atoms with E-state index in [4.69, 9.17) is 4.42 Å². The standard InChI is InChI=1S/C21H23N7O3S/c1-14-12-15(2)28(27-14)21-9-8-20(25-26-21)22-10-11-23-32(29,30)18-6-4-17(5-7-18)19-13-31-16(3)24-19/h4-9,12-13,23H,10-11H2,1-3H3,(H,22,25). The molecule has 4 rings (SSSR count). The summed E-state index contributed by atoms with van der Waals surface area (Å²) in [5.74, 6) is 1.71. The van der Waals surface area contributed by atoms with Crippen molar-refractivity contribution in [2.75, 3.05) is 18.4 Å². The maximum atomic E-state index is 12.5. The van der Waals surface area contributed by atoms with Crippen LogP contribution in [0, 0.1) is 20.8 Å². The van der Waals surface area contributed by atoms with Crippen molar-refractivity contribution in [3.8, 4) is 17.1 Å². The fourth-order valence-electron chi connectivity index (χ4n) is 3.15. The average molecular weight is 454 g/mol. The zero-order chi connectivity index (χ0) is 22.7. The molecule has 0 radical (unpaired) electrons. The summed E-state index contributed by atoms with van der Waals surface area (Å²) in [5.41, 5.74) is 3.32. The van der Waals surface area contributed by atoms with E-state index in [0.717, 1.165) is 17.0 Å². The first-order valence-corrected chi connectivity index (χ1v) is 11.4. The molecule has 2 N–H and O–H groups in total. The molecule has 32 heavy (non-hydrogen) atoms. The minimum absolute atomic E-state index is 0.176. The number of hydrogen-bond acceptors (Lipinski definition) is 8. The third-order valence-electron chi connectivity index (χ3n) is 4.68. The summed E-state index contributed by atoms with van der Waals surface area (Å²) in [4.78, 5) is 4.41. The molecule has 3 heterocycles. The number of nitrogens with zero attached hydrogens (tertiary/aromatic N) is 5. The second kappa shape index (κ2) is 8.89. The number of sulfonamides is 1. The highest BCUT2D eigenvalue weighted by Crippen LogP contribution is 2.20. The van der Waals surface area contributed by atoms with Gasteiger partial charge in [-0.3, -0.25) is 0 Å². The second-order valence-electron chi connectivity index (χ2n) is 7.22. The zero-order valence-corrected chi connectivity index (χ0v) is 18.7. The maximum Gasteiger partial charge on any atom is 0.240 e. The Bertz CT molecular complexity index is 1310. The van der Waals surface area contributed by atoms with E-state index in [1.54, 1.807) is 35.9 Å². The van der Waals surface area contributed by atoms with E-state index in [-0.39, 0.29) is 11.4 Å². The third-order valence-corrected chi connectivity index (χ3v) is 6.16. The lowest BCUT2D eigenvalue weighted by Gasteiger charge is -2.09. The fourth-order valence-corrected chi connectivity index (χ4v) is 4.19. The molecule has 0 atom stereocenters. The molecule has 0 saturated carbocycles. The third kappa shape index (κ3) is 4.84. The van der Waals surface area contributed by atoms with Crippen LogP contribution in [0.15, 0.2) is 58.0 Å². The summed E-state index contributed by atoms with van der Waals surface area (Å²) in [6.45, 7) is 6.15. The molecule has 11 heteroatoms. The Labute approximate surface area is 185 Å². The molecular formula is C21H23N7O3S. The van der Waals surface area contributed by atoms with Crippen molar-refractivity contribution >= 4 is 15.8 Å². The predicted octanol–water partition coefficient (Wildman–Crippen LogP) is 2.63. The molecule has 0 spiro atoms. The van der Waals surface area contributed by atoms with Gasteiger partial charge in [-0.05, 0) is 44.2 Å². The summed E-state index contributed by atoms with van der Waals surface area (Å²) < 4.78 is 34.5. The molecule has 0 aliphatic carbocycles. The topological polar surface area (TPSA) is 128 Å². The van der Waals surface area contributed by atoms with Gasteiger partial charge >= 0.3 is 0 Å². The summed E-state index contributed by atoms with van der Waals surface area (Å²) in [7, 11) is -3.64. The average Bonchev–Trinajstić information content (AvgIpc) is 3.36. The summed E-state index contributed by atoms with van der Waals surface area (Å²) in [6.07, 6.45) is 1.54. The lowest BCUT2D eigenvalue weighted by molar-refractivity contribution is 0.521. The molecule has 4 aromatic rings. The number of hydrogen-bond donors (Lipinski definition) is 2.